The Labute approximate surface area is 77.5 Å². The molecule has 0 rings (SSSR count). The van der Waals surface area contributed by atoms with Gasteiger partial charge in [0.2, 0.25) is 0 Å². The second-order valence-corrected chi connectivity index (χ2v) is 2.59. The lowest BCUT2D eigenvalue weighted by molar-refractivity contribution is -0.139. The number of amides is 2. The van der Waals surface area contributed by atoms with Gasteiger partial charge in [0.1, 0.15) is 0 Å². The molecule has 0 aromatic heterocycles. The molecule has 5 nitrogen and oxygen atoms in total. The SMILES string of the molecule is CCCNC(=O)C(=O)NCCCO. The van der Waals surface area contributed by atoms with E-state index in [9.17, 15) is 9.59 Å². The normalized spacial score (nSPS) is 9.38. The van der Waals surface area contributed by atoms with Crippen molar-refractivity contribution >= 4 is 11.8 Å². The number of aliphatic hydroxyl groups is 1. The molecule has 0 aliphatic carbocycles. The minimum Gasteiger partial charge on any atom is -0.396 e. The highest BCUT2D eigenvalue weighted by atomic mass is 16.3. The van der Waals surface area contributed by atoms with Crippen LogP contribution in [0.1, 0.15) is 19.8 Å². The third-order valence-electron chi connectivity index (χ3n) is 1.36. The summed E-state index contributed by atoms with van der Waals surface area (Å²) in [6.45, 7) is 2.75. The monoisotopic (exact) mass is 188 g/mol. The maximum atomic E-state index is 10.9. The lowest BCUT2D eigenvalue weighted by Gasteiger charge is -2.03. The van der Waals surface area contributed by atoms with Crippen LogP contribution in [0, 0.1) is 0 Å². The van der Waals surface area contributed by atoms with E-state index in [0.717, 1.165) is 6.42 Å². The molecule has 0 atom stereocenters. The van der Waals surface area contributed by atoms with Crippen molar-refractivity contribution in [3.8, 4) is 0 Å². The molecule has 0 aliphatic rings. The van der Waals surface area contributed by atoms with E-state index >= 15 is 0 Å². The van der Waals surface area contributed by atoms with Crippen molar-refractivity contribution in [2.75, 3.05) is 19.7 Å². The summed E-state index contributed by atoms with van der Waals surface area (Å²) in [6.07, 6.45) is 1.27. The fourth-order valence-corrected chi connectivity index (χ4v) is 0.680. The second kappa shape index (κ2) is 7.54. The molecule has 13 heavy (non-hydrogen) atoms. The molecule has 0 spiro atoms. The van der Waals surface area contributed by atoms with Crippen LogP contribution in [-0.4, -0.2) is 36.6 Å². The molecule has 5 heteroatoms. The number of carbonyl (C=O) groups excluding carboxylic acids is 2. The lowest BCUT2D eigenvalue weighted by Crippen LogP contribution is -2.40. The molecule has 0 aliphatic heterocycles. The van der Waals surface area contributed by atoms with Gasteiger partial charge >= 0.3 is 11.8 Å². The van der Waals surface area contributed by atoms with Gasteiger partial charge in [-0.25, -0.2) is 0 Å². The van der Waals surface area contributed by atoms with Gasteiger partial charge in [-0.2, -0.15) is 0 Å². The molecule has 0 bridgehead atoms. The molecule has 0 unspecified atom stereocenters. The third-order valence-corrected chi connectivity index (χ3v) is 1.36. The Bertz CT molecular complexity index is 171. The van der Waals surface area contributed by atoms with Crippen molar-refractivity contribution in [1.29, 1.82) is 0 Å². The van der Waals surface area contributed by atoms with Gasteiger partial charge in [-0.05, 0) is 12.8 Å². The van der Waals surface area contributed by atoms with Gasteiger partial charge in [0, 0.05) is 19.7 Å². The van der Waals surface area contributed by atoms with E-state index in [0.29, 0.717) is 19.5 Å². The van der Waals surface area contributed by atoms with Crippen molar-refractivity contribution in [1.82, 2.24) is 10.6 Å². The molecule has 0 saturated heterocycles. The Balaban J connectivity index is 3.51. The molecule has 2 amide bonds. The Morgan fingerprint density at radius 2 is 1.69 bits per heavy atom. The molecule has 0 aromatic carbocycles. The molecular formula is C8H16N2O3. The van der Waals surface area contributed by atoms with E-state index in [2.05, 4.69) is 10.6 Å². The second-order valence-electron chi connectivity index (χ2n) is 2.59. The maximum Gasteiger partial charge on any atom is 0.309 e. The molecule has 0 saturated carbocycles. The van der Waals surface area contributed by atoms with E-state index in [1.54, 1.807) is 0 Å². The zero-order chi connectivity index (χ0) is 10.1. The van der Waals surface area contributed by atoms with Crippen LogP contribution >= 0.6 is 0 Å². The Morgan fingerprint density at radius 3 is 2.15 bits per heavy atom. The van der Waals surface area contributed by atoms with Crippen molar-refractivity contribution in [3.63, 3.8) is 0 Å². The largest absolute Gasteiger partial charge is 0.396 e. The highest BCUT2D eigenvalue weighted by Crippen LogP contribution is 1.75. The van der Waals surface area contributed by atoms with E-state index in [4.69, 9.17) is 5.11 Å². The number of nitrogens with one attached hydrogen (secondary N) is 2. The van der Waals surface area contributed by atoms with Gasteiger partial charge in [0.05, 0.1) is 0 Å². The van der Waals surface area contributed by atoms with E-state index in [1.807, 2.05) is 6.92 Å². The van der Waals surface area contributed by atoms with Crippen LogP contribution in [0.3, 0.4) is 0 Å². The van der Waals surface area contributed by atoms with Gasteiger partial charge in [0.25, 0.3) is 0 Å². The van der Waals surface area contributed by atoms with Gasteiger partial charge < -0.3 is 15.7 Å². The fraction of sp³-hybridized carbons (Fsp3) is 0.750. The molecule has 0 radical (unpaired) electrons. The Kier molecular flexibility index (Phi) is 6.91. The van der Waals surface area contributed by atoms with Crippen LogP contribution in [0.5, 0.6) is 0 Å². The molecule has 0 heterocycles. The Hall–Kier alpha value is -1.10. The summed E-state index contributed by atoms with van der Waals surface area (Å²) in [5.74, 6) is -1.25. The first-order valence-electron chi connectivity index (χ1n) is 4.39. The highest BCUT2D eigenvalue weighted by Gasteiger charge is 2.10. The first-order valence-corrected chi connectivity index (χ1v) is 4.39. The predicted molar refractivity (Wildman–Crippen MR) is 48.0 cm³/mol. The minimum atomic E-state index is -0.637. The molecule has 0 aromatic rings. The summed E-state index contributed by atoms with van der Waals surface area (Å²) in [5, 5.41) is 13.2. The van der Waals surface area contributed by atoms with Crippen LogP contribution in [-0.2, 0) is 9.59 Å². The van der Waals surface area contributed by atoms with E-state index in [1.165, 1.54) is 0 Å². The zero-order valence-electron chi connectivity index (χ0n) is 7.80. The third kappa shape index (κ3) is 6.10. The summed E-state index contributed by atoms with van der Waals surface area (Å²) in [6, 6.07) is 0. The van der Waals surface area contributed by atoms with Crippen LogP contribution in [0.2, 0.25) is 0 Å². The van der Waals surface area contributed by atoms with E-state index in [-0.39, 0.29) is 6.61 Å². The summed E-state index contributed by atoms with van der Waals surface area (Å²) in [4.78, 5) is 21.8. The van der Waals surface area contributed by atoms with Gasteiger partial charge in [-0.1, -0.05) is 6.92 Å². The van der Waals surface area contributed by atoms with Crippen molar-refractivity contribution in [2.24, 2.45) is 0 Å². The highest BCUT2D eigenvalue weighted by molar-refractivity contribution is 6.35. The number of carbonyl (C=O) groups is 2. The number of hydrogen-bond donors (Lipinski definition) is 3. The van der Waals surface area contributed by atoms with Crippen LogP contribution in [0.4, 0.5) is 0 Å². The number of rotatable bonds is 5. The van der Waals surface area contributed by atoms with Gasteiger partial charge in [-0.15, -0.1) is 0 Å². The molecule has 76 valence electrons. The van der Waals surface area contributed by atoms with Crippen molar-refractivity contribution in [3.05, 3.63) is 0 Å². The first kappa shape index (κ1) is 11.9. The standard InChI is InChI=1S/C8H16N2O3/c1-2-4-9-7(12)8(13)10-5-3-6-11/h11H,2-6H2,1H3,(H,9,12)(H,10,13). The molecule has 3 N–H and O–H groups in total. The lowest BCUT2D eigenvalue weighted by atomic mass is 10.4. The van der Waals surface area contributed by atoms with Gasteiger partial charge in [-0.3, -0.25) is 9.59 Å². The molecule has 0 fully saturated rings. The molecular weight excluding hydrogens is 172 g/mol. The topological polar surface area (TPSA) is 78.4 Å². The maximum absolute atomic E-state index is 10.9. The van der Waals surface area contributed by atoms with Gasteiger partial charge in [0.15, 0.2) is 0 Å². The number of aliphatic hydroxyl groups excluding tert-OH is 1. The quantitative estimate of drug-likeness (QED) is 0.383. The van der Waals surface area contributed by atoms with Crippen molar-refractivity contribution < 1.29 is 14.7 Å². The van der Waals surface area contributed by atoms with Crippen LogP contribution in [0.25, 0.3) is 0 Å². The van der Waals surface area contributed by atoms with E-state index < -0.39 is 11.8 Å². The zero-order valence-corrected chi connectivity index (χ0v) is 7.80. The Morgan fingerprint density at radius 1 is 1.15 bits per heavy atom. The summed E-state index contributed by atoms with van der Waals surface area (Å²) in [5.41, 5.74) is 0. The summed E-state index contributed by atoms with van der Waals surface area (Å²) >= 11 is 0. The first-order chi connectivity index (χ1) is 6.22. The summed E-state index contributed by atoms with van der Waals surface area (Å²) < 4.78 is 0. The average Bonchev–Trinajstić information content (AvgIpc) is 2.14. The van der Waals surface area contributed by atoms with Crippen LogP contribution in [0.15, 0.2) is 0 Å². The predicted octanol–water partition coefficient (Wildman–Crippen LogP) is -0.989. The fourth-order valence-electron chi connectivity index (χ4n) is 0.680. The average molecular weight is 188 g/mol. The van der Waals surface area contributed by atoms with Crippen LogP contribution < -0.4 is 10.6 Å². The smallest absolute Gasteiger partial charge is 0.309 e. The van der Waals surface area contributed by atoms with Crippen molar-refractivity contribution in [2.45, 2.75) is 19.8 Å². The number of hydrogen-bond acceptors (Lipinski definition) is 3. The minimum absolute atomic E-state index is 0.0108. The summed E-state index contributed by atoms with van der Waals surface area (Å²) in [7, 11) is 0.